The molecule has 1 aliphatic heterocycles. The van der Waals surface area contributed by atoms with E-state index in [1.54, 1.807) is 10.7 Å². The van der Waals surface area contributed by atoms with Crippen molar-refractivity contribution in [3.63, 3.8) is 0 Å². The minimum atomic E-state index is -0.443. The summed E-state index contributed by atoms with van der Waals surface area (Å²) >= 11 is 3.35. The molecule has 1 fully saturated rings. The van der Waals surface area contributed by atoms with E-state index in [9.17, 15) is 9.59 Å². The number of rotatable bonds is 1. The smallest absolute Gasteiger partial charge is 0.237 e. The van der Waals surface area contributed by atoms with Crippen molar-refractivity contribution in [3.8, 4) is 0 Å². The third-order valence-electron chi connectivity index (χ3n) is 2.87. The number of imide groups is 1. The SMILES string of the molecule is O=C1CCC(c2nc3cc(Br)ccn3n2)C(=O)N1. The van der Waals surface area contributed by atoms with Gasteiger partial charge in [0.2, 0.25) is 11.8 Å². The molecule has 92 valence electrons. The number of piperidine rings is 1. The van der Waals surface area contributed by atoms with Crippen LogP contribution in [-0.2, 0) is 9.59 Å². The molecule has 6 nitrogen and oxygen atoms in total. The lowest BCUT2D eigenvalue weighted by atomic mass is 9.98. The summed E-state index contributed by atoms with van der Waals surface area (Å²) in [5.74, 6) is -0.538. The number of hydrogen-bond donors (Lipinski definition) is 1. The Labute approximate surface area is 111 Å². The maximum absolute atomic E-state index is 11.7. The molecule has 2 amide bonds. The van der Waals surface area contributed by atoms with E-state index in [4.69, 9.17) is 0 Å². The summed E-state index contributed by atoms with van der Waals surface area (Å²) in [6.07, 6.45) is 2.56. The molecule has 0 saturated carbocycles. The second-order valence-electron chi connectivity index (χ2n) is 4.12. The van der Waals surface area contributed by atoms with E-state index in [1.165, 1.54) is 0 Å². The Balaban J connectivity index is 1.99. The van der Waals surface area contributed by atoms with Crippen LogP contribution in [0.5, 0.6) is 0 Å². The molecule has 0 spiro atoms. The van der Waals surface area contributed by atoms with E-state index in [0.29, 0.717) is 24.3 Å². The predicted octanol–water partition coefficient (Wildman–Crippen LogP) is 1.01. The molecule has 0 aromatic carbocycles. The van der Waals surface area contributed by atoms with Gasteiger partial charge in [-0.25, -0.2) is 9.50 Å². The Morgan fingerprint density at radius 1 is 1.44 bits per heavy atom. The van der Waals surface area contributed by atoms with Gasteiger partial charge in [0.1, 0.15) is 5.92 Å². The molecule has 1 N–H and O–H groups in total. The zero-order valence-electron chi connectivity index (χ0n) is 9.26. The number of nitrogens with one attached hydrogen (secondary N) is 1. The predicted molar refractivity (Wildman–Crippen MR) is 65.8 cm³/mol. The summed E-state index contributed by atoms with van der Waals surface area (Å²) in [6.45, 7) is 0. The Hall–Kier alpha value is -1.76. The highest BCUT2D eigenvalue weighted by Gasteiger charge is 2.31. The maximum Gasteiger partial charge on any atom is 0.237 e. The fourth-order valence-electron chi connectivity index (χ4n) is 1.96. The lowest BCUT2D eigenvalue weighted by Crippen LogP contribution is -2.39. The number of carbonyl (C=O) groups excluding carboxylic acids is 2. The average molecular weight is 309 g/mol. The van der Waals surface area contributed by atoms with Crippen LogP contribution in [0.15, 0.2) is 22.8 Å². The molecule has 3 heterocycles. The molecule has 0 radical (unpaired) electrons. The number of pyridine rings is 1. The minimum absolute atomic E-state index is 0.234. The molecular formula is C11H9BrN4O2. The van der Waals surface area contributed by atoms with Gasteiger partial charge < -0.3 is 0 Å². The van der Waals surface area contributed by atoms with E-state index >= 15 is 0 Å². The lowest BCUT2D eigenvalue weighted by Gasteiger charge is -2.17. The van der Waals surface area contributed by atoms with E-state index < -0.39 is 5.92 Å². The van der Waals surface area contributed by atoms with Gasteiger partial charge in [-0.05, 0) is 18.6 Å². The Morgan fingerprint density at radius 2 is 2.28 bits per heavy atom. The fraction of sp³-hybridized carbons (Fsp3) is 0.273. The number of aromatic nitrogens is 3. The third-order valence-corrected chi connectivity index (χ3v) is 3.36. The molecule has 1 atom stereocenters. The first-order valence-electron chi connectivity index (χ1n) is 5.49. The molecule has 0 bridgehead atoms. The normalized spacial score (nSPS) is 20.2. The van der Waals surface area contributed by atoms with Crippen LogP contribution in [0.1, 0.15) is 24.6 Å². The summed E-state index contributed by atoms with van der Waals surface area (Å²) < 4.78 is 2.52. The summed E-state index contributed by atoms with van der Waals surface area (Å²) in [6, 6.07) is 3.66. The zero-order chi connectivity index (χ0) is 12.7. The first kappa shape index (κ1) is 11.3. The van der Waals surface area contributed by atoms with Crippen molar-refractivity contribution in [3.05, 3.63) is 28.6 Å². The van der Waals surface area contributed by atoms with Crippen molar-refractivity contribution >= 4 is 33.4 Å². The van der Waals surface area contributed by atoms with Crippen LogP contribution in [0.3, 0.4) is 0 Å². The quantitative estimate of drug-likeness (QED) is 0.798. The number of halogens is 1. The highest BCUT2D eigenvalue weighted by molar-refractivity contribution is 9.10. The molecule has 1 unspecified atom stereocenters. The Kier molecular flexibility index (Phi) is 2.62. The topological polar surface area (TPSA) is 76.4 Å². The van der Waals surface area contributed by atoms with Gasteiger partial charge in [-0.15, -0.1) is 0 Å². The van der Waals surface area contributed by atoms with Gasteiger partial charge >= 0.3 is 0 Å². The second-order valence-corrected chi connectivity index (χ2v) is 5.04. The molecule has 18 heavy (non-hydrogen) atoms. The number of nitrogens with zero attached hydrogens (tertiary/aromatic N) is 3. The molecule has 3 rings (SSSR count). The average Bonchev–Trinajstić information content (AvgIpc) is 2.71. The van der Waals surface area contributed by atoms with Gasteiger partial charge in [0.15, 0.2) is 11.5 Å². The van der Waals surface area contributed by atoms with Gasteiger partial charge in [-0.3, -0.25) is 14.9 Å². The van der Waals surface area contributed by atoms with Gasteiger partial charge in [-0.1, -0.05) is 15.9 Å². The van der Waals surface area contributed by atoms with Gasteiger partial charge in [0.25, 0.3) is 0 Å². The standard InChI is InChI=1S/C11H9BrN4O2/c12-6-3-4-16-8(5-6)13-10(15-16)7-1-2-9(17)14-11(7)18/h3-5,7H,1-2H2,(H,14,17,18). The number of amides is 2. The summed E-state index contributed by atoms with van der Waals surface area (Å²) in [7, 11) is 0. The molecule has 7 heteroatoms. The van der Waals surface area contributed by atoms with E-state index in [2.05, 4.69) is 31.3 Å². The molecule has 1 saturated heterocycles. The first-order valence-corrected chi connectivity index (χ1v) is 6.28. The summed E-state index contributed by atoms with van der Waals surface area (Å²) in [5.41, 5.74) is 0.670. The van der Waals surface area contributed by atoms with Crippen LogP contribution < -0.4 is 5.32 Å². The van der Waals surface area contributed by atoms with Crippen LogP contribution in [-0.4, -0.2) is 26.4 Å². The largest absolute Gasteiger partial charge is 0.296 e. The Bertz CT molecular complexity index is 652. The molecule has 0 aliphatic carbocycles. The summed E-state index contributed by atoms with van der Waals surface area (Å²) in [4.78, 5) is 27.1. The van der Waals surface area contributed by atoms with Crippen molar-refractivity contribution in [2.75, 3.05) is 0 Å². The summed E-state index contributed by atoms with van der Waals surface area (Å²) in [5, 5.41) is 6.57. The fourth-order valence-corrected chi connectivity index (χ4v) is 2.28. The third kappa shape index (κ3) is 1.90. The van der Waals surface area contributed by atoms with Crippen LogP contribution in [0, 0.1) is 0 Å². The minimum Gasteiger partial charge on any atom is -0.296 e. The number of fused-ring (bicyclic) bond motifs is 1. The highest BCUT2D eigenvalue weighted by atomic mass is 79.9. The number of hydrogen-bond acceptors (Lipinski definition) is 4. The van der Waals surface area contributed by atoms with Gasteiger partial charge in [-0.2, -0.15) is 5.10 Å². The zero-order valence-corrected chi connectivity index (χ0v) is 10.8. The van der Waals surface area contributed by atoms with Crippen LogP contribution in [0.2, 0.25) is 0 Å². The molecule has 2 aromatic rings. The molecule has 2 aromatic heterocycles. The van der Waals surface area contributed by atoms with Crippen LogP contribution in [0.4, 0.5) is 0 Å². The van der Waals surface area contributed by atoms with Crippen molar-refractivity contribution < 1.29 is 9.59 Å². The van der Waals surface area contributed by atoms with Gasteiger partial charge in [0, 0.05) is 17.1 Å². The van der Waals surface area contributed by atoms with Crippen LogP contribution >= 0.6 is 15.9 Å². The first-order chi connectivity index (χ1) is 8.63. The van der Waals surface area contributed by atoms with Crippen molar-refractivity contribution in [1.82, 2.24) is 19.9 Å². The van der Waals surface area contributed by atoms with E-state index in [0.717, 1.165) is 4.47 Å². The van der Waals surface area contributed by atoms with Crippen molar-refractivity contribution in [2.45, 2.75) is 18.8 Å². The van der Waals surface area contributed by atoms with Crippen LogP contribution in [0.25, 0.3) is 5.65 Å². The van der Waals surface area contributed by atoms with Crippen molar-refractivity contribution in [2.24, 2.45) is 0 Å². The number of carbonyl (C=O) groups is 2. The Morgan fingerprint density at radius 3 is 3.06 bits per heavy atom. The lowest BCUT2D eigenvalue weighted by molar-refractivity contribution is -0.134. The highest BCUT2D eigenvalue weighted by Crippen LogP contribution is 2.23. The molecule has 1 aliphatic rings. The monoisotopic (exact) mass is 308 g/mol. The molecular weight excluding hydrogens is 300 g/mol. The van der Waals surface area contributed by atoms with E-state index in [-0.39, 0.29) is 11.8 Å². The maximum atomic E-state index is 11.7. The van der Waals surface area contributed by atoms with E-state index in [1.807, 2.05) is 12.1 Å². The second kappa shape index (κ2) is 4.16. The van der Waals surface area contributed by atoms with Crippen molar-refractivity contribution in [1.29, 1.82) is 0 Å². The van der Waals surface area contributed by atoms with Gasteiger partial charge in [0.05, 0.1) is 0 Å².